The Morgan fingerprint density at radius 1 is 1.11 bits per heavy atom. The van der Waals surface area contributed by atoms with Gasteiger partial charge >= 0.3 is 6.18 Å². The smallest absolute Gasteiger partial charge is 0.370 e. The number of amides is 2. The summed E-state index contributed by atoms with van der Waals surface area (Å²) >= 11 is 0. The summed E-state index contributed by atoms with van der Waals surface area (Å²) in [6.45, 7) is 2.14. The molecule has 0 bridgehead atoms. The Balaban J connectivity index is 1.45. The number of alkyl halides is 3. The average molecular weight is 491 g/mol. The summed E-state index contributed by atoms with van der Waals surface area (Å²) in [5, 5.41) is 11.8. The monoisotopic (exact) mass is 490 g/mol. The molecule has 1 aromatic carbocycles. The van der Waals surface area contributed by atoms with Gasteiger partial charge in [-0.25, -0.2) is 0 Å². The number of hydrogen-bond donors (Lipinski definition) is 1. The van der Waals surface area contributed by atoms with Crippen LogP contribution in [-0.2, 0) is 15.8 Å². The second-order valence-corrected chi connectivity index (χ2v) is 10.2. The lowest BCUT2D eigenvalue weighted by Gasteiger charge is -2.36. The molecule has 1 aliphatic carbocycles. The first-order chi connectivity index (χ1) is 16.7. The minimum atomic E-state index is -4.63. The molecule has 1 saturated carbocycles. The van der Waals surface area contributed by atoms with Gasteiger partial charge in [0, 0.05) is 45.3 Å². The Kier molecular flexibility index (Phi) is 7.58. The van der Waals surface area contributed by atoms with Crippen LogP contribution in [0.5, 0.6) is 0 Å². The number of nitrogens with zero attached hydrogens (tertiary/aromatic N) is 3. The maximum atomic E-state index is 13.5. The first kappa shape index (κ1) is 25.3. The number of likely N-dealkylation sites (tertiary alicyclic amines) is 1. The lowest BCUT2D eigenvalue weighted by atomic mass is 9.78. The van der Waals surface area contributed by atoms with Crippen LogP contribution >= 0.6 is 0 Å². The summed E-state index contributed by atoms with van der Waals surface area (Å²) in [6.07, 6.45) is 2.29. The van der Waals surface area contributed by atoms with Gasteiger partial charge in [0.15, 0.2) is 0 Å². The van der Waals surface area contributed by atoms with Crippen LogP contribution in [0.2, 0.25) is 0 Å². The molecule has 3 fully saturated rings. The molecule has 6 nitrogen and oxygen atoms in total. The van der Waals surface area contributed by atoms with E-state index in [4.69, 9.17) is 5.26 Å². The summed E-state index contributed by atoms with van der Waals surface area (Å²) in [5.74, 6) is 0.502. The van der Waals surface area contributed by atoms with Gasteiger partial charge in [0.2, 0.25) is 11.8 Å². The first-order valence-electron chi connectivity index (χ1n) is 12.6. The highest BCUT2D eigenvalue weighted by Gasteiger charge is 2.43. The molecule has 2 aliphatic heterocycles. The quantitative estimate of drug-likeness (QED) is 0.672. The fourth-order valence-corrected chi connectivity index (χ4v) is 6.21. The Labute approximate surface area is 204 Å². The van der Waals surface area contributed by atoms with Crippen molar-refractivity contribution in [1.82, 2.24) is 10.2 Å². The number of carbonyl (C=O) groups is 2. The minimum Gasteiger partial charge on any atom is -0.370 e. The Bertz CT molecular complexity index is 976. The molecule has 190 valence electrons. The number of anilines is 1. The van der Waals surface area contributed by atoms with E-state index in [-0.39, 0.29) is 29.6 Å². The van der Waals surface area contributed by atoms with E-state index in [1.807, 2.05) is 9.80 Å². The van der Waals surface area contributed by atoms with Crippen molar-refractivity contribution in [3.63, 3.8) is 0 Å². The third-order valence-corrected chi connectivity index (χ3v) is 8.18. The van der Waals surface area contributed by atoms with Crippen LogP contribution < -0.4 is 10.2 Å². The number of nitrogens with one attached hydrogen (secondary N) is 1. The van der Waals surface area contributed by atoms with Crippen LogP contribution in [0.1, 0.15) is 56.1 Å². The Hall–Kier alpha value is -2.76. The number of carbonyl (C=O) groups excluding carboxylic acids is 2. The molecule has 0 aromatic heterocycles. The largest absolute Gasteiger partial charge is 0.417 e. The van der Waals surface area contributed by atoms with E-state index in [1.165, 1.54) is 25.0 Å². The molecule has 0 spiro atoms. The van der Waals surface area contributed by atoms with Crippen LogP contribution in [0.15, 0.2) is 18.2 Å². The standard InChI is InChI=1S/C26H33F3N4O2/c1-31-25(35)22-16-33(20-7-6-19(14-30)23(13-20)26(27,28)29)15-21(22)18-8-10-32(11-9-18)24(34)12-17-4-2-3-5-17/h6-7,13,17-18,21-22H,2-5,8-12,15-16H2,1H3,(H,31,35)/t21-,22+/m0/s1. The number of piperidine rings is 1. The van der Waals surface area contributed by atoms with Gasteiger partial charge in [-0.2, -0.15) is 18.4 Å². The van der Waals surface area contributed by atoms with Gasteiger partial charge in [0.25, 0.3) is 0 Å². The molecule has 1 N–H and O–H groups in total. The lowest BCUT2D eigenvalue weighted by molar-refractivity contribution is -0.137. The van der Waals surface area contributed by atoms with Gasteiger partial charge in [-0.1, -0.05) is 12.8 Å². The minimum absolute atomic E-state index is 0.00739. The highest BCUT2D eigenvalue weighted by Crippen LogP contribution is 2.40. The fourth-order valence-electron chi connectivity index (χ4n) is 6.21. The third kappa shape index (κ3) is 5.57. The number of rotatable bonds is 5. The SMILES string of the molecule is CNC(=O)[C@@H]1CN(c2ccc(C#N)c(C(F)(F)F)c2)C[C@H]1C1CCN(C(=O)CC2CCCC2)CC1. The summed E-state index contributed by atoms with van der Waals surface area (Å²) in [4.78, 5) is 29.2. The van der Waals surface area contributed by atoms with Gasteiger partial charge in [0.05, 0.1) is 23.1 Å². The number of nitriles is 1. The topological polar surface area (TPSA) is 76.4 Å². The molecular weight excluding hydrogens is 457 g/mol. The zero-order valence-electron chi connectivity index (χ0n) is 20.1. The molecule has 9 heteroatoms. The van der Waals surface area contributed by atoms with E-state index in [0.29, 0.717) is 44.2 Å². The first-order valence-corrected chi connectivity index (χ1v) is 12.6. The van der Waals surface area contributed by atoms with E-state index in [0.717, 1.165) is 31.7 Å². The Morgan fingerprint density at radius 3 is 2.40 bits per heavy atom. The zero-order valence-corrected chi connectivity index (χ0v) is 20.1. The maximum absolute atomic E-state index is 13.5. The second kappa shape index (κ2) is 10.5. The summed E-state index contributed by atoms with van der Waals surface area (Å²) < 4.78 is 40.5. The normalized spacial score (nSPS) is 24.0. The zero-order chi connectivity index (χ0) is 25.2. The molecule has 2 atom stereocenters. The van der Waals surface area contributed by atoms with Crippen molar-refractivity contribution in [2.24, 2.45) is 23.7 Å². The van der Waals surface area contributed by atoms with Crippen molar-refractivity contribution in [2.45, 2.75) is 51.1 Å². The molecule has 35 heavy (non-hydrogen) atoms. The highest BCUT2D eigenvalue weighted by atomic mass is 19.4. The van der Waals surface area contributed by atoms with Crippen molar-refractivity contribution in [3.05, 3.63) is 29.3 Å². The van der Waals surface area contributed by atoms with Crippen LogP contribution in [0, 0.1) is 35.0 Å². The van der Waals surface area contributed by atoms with Crippen LogP contribution in [0.3, 0.4) is 0 Å². The lowest BCUT2D eigenvalue weighted by Crippen LogP contribution is -2.43. The van der Waals surface area contributed by atoms with Crippen LogP contribution in [0.25, 0.3) is 0 Å². The second-order valence-electron chi connectivity index (χ2n) is 10.2. The molecule has 4 rings (SSSR count). The van der Waals surface area contributed by atoms with Crippen molar-refractivity contribution < 1.29 is 22.8 Å². The molecule has 2 heterocycles. The van der Waals surface area contributed by atoms with Gasteiger partial charge in [0.1, 0.15) is 0 Å². The molecule has 2 amide bonds. The predicted octanol–water partition coefficient (Wildman–Crippen LogP) is 4.19. The summed E-state index contributed by atoms with van der Waals surface area (Å²) in [5.41, 5.74) is -0.988. The maximum Gasteiger partial charge on any atom is 0.417 e. The van der Waals surface area contributed by atoms with Crippen LogP contribution in [0.4, 0.5) is 18.9 Å². The van der Waals surface area contributed by atoms with Gasteiger partial charge in [-0.15, -0.1) is 0 Å². The molecule has 3 aliphatic rings. The number of benzene rings is 1. The van der Waals surface area contributed by atoms with Crippen molar-refractivity contribution >= 4 is 17.5 Å². The van der Waals surface area contributed by atoms with Crippen molar-refractivity contribution in [3.8, 4) is 6.07 Å². The van der Waals surface area contributed by atoms with Gasteiger partial charge in [-0.3, -0.25) is 9.59 Å². The molecule has 0 unspecified atom stereocenters. The fraction of sp³-hybridized carbons (Fsp3) is 0.654. The van der Waals surface area contributed by atoms with Crippen LogP contribution in [-0.4, -0.2) is 49.9 Å². The molecule has 2 saturated heterocycles. The number of halogens is 3. The molecule has 0 radical (unpaired) electrons. The Morgan fingerprint density at radius 2 is 1.80 bits per heavy atom. The van der Waals surface area contributed by atoms with E-state index in [9.17, 15) is 22.8 Å². The van der Waals surface area contributed by atoms with E-state index in [2.05, 4.69) is 5.32 Å². The van der Waals surface area contributed by atoms with Gasteiger partial charge in [-0.05, 0) is 61.6 Å². The summed E-state index contributed by atoms with van der Waals surface area (Å²) in [7, 11) is 1.58. The molecule has 1 aromatic rings. The summed E-state index contributed by atoms with van der Waals surface area (Å²) in [6, 6.07) is 5.37. The highest BCUT2D eigenvalue weighted by molar-refractivity contribution is 5.80. The van der Waals surface area contributed by atoms with E-state index < -0.39 is 17.3 Å². The number of hydrogen-bond acceptors (Lipinski definition) is 4. The van der Waals surface area contributed by atoms with Crippen molar-refractivity contribution in [2.75, 3.05) is 38.1 Å². The van der Waals surface area contributed by atoms with E-state index >= 15 is 0 Å². The third-order valence-electron chi connectivity index (χ3n) is 8.18. The van der Waals surface area contributed by atoms with Crippen molar-refractivity contribution in [1.29, 1.82) is 5.26 Å². The van der Waals surface area contributed by atoms with E-state index in [1.54, 1.807) is 13.1 Å². The average Bonchev–Trinajstić information content (AvgIpc) is 3.53. The van der Waals surface area contributed by atoms with Gasteiger partial charge < -0.3 is 15.1 Å². The molecular formula is C26H33F3N4O2. The predicted molar refractivity (Wildman–Crippen MR) is 125 cm³/mol.